The normalized spacial score (nSPS) is 13.2. The highest BCUT2D eigenvalue weighted by Crippen LogP contribution is 2.36. The van der Waals surface area contributed by atoms with E-state index < -0.39 is 28.5 Å². The SMILES string of the molecule is CCCNC(=O)[C@H](CC)N(Cc1ccccc1C)C(=O)CN(c1ccc2c(c1)OCCO2)S(=O)(=O)c1ccccc1. The number of benzene rings is 3. The summed E-state index contributed by atoms with van der Waals surface area (Å²) in [5.41, 5.74) is 2.10. The van der Waals surface area contributed by atoms with Crippen molar-refractivity contribution >= 4 is 27.5 Å². The largest absolute Gasteiger partial charge is 0.486 e. The number of carbonyl (C=O) groups is 2. The van der Waals surface area contributed by atoms with Crippen molar-refractivity contribution in [3.63, 3.8) is 0 Å². The van der Waals surface area contributed by atoms with Gasteiger partial charge in [0, 0.05) is 19.2 Å². The van der Waals surface area contributed by atoms with E-state index in [9.17, 15) is 18.0 Å². The lowest BCUT2D eigenvalue weighted by atomic mass is 10.1. The number of carbonyl (C=O) groups excluding carboxylic acids is 2. The van der Waals surface area contributed by atoms with Crippen LogP contribution in [0.5, 0.6) is 11.5 Å². The molecule has 0 spiro atoms. The number of sulfonamides is 1. The minimum atomic E-state index is -4.17. The van der Waals surface area contributed by atoms with Gasteiger partial charge in [-0.2, -0.15) is 0 Å². The fourth-order valence-corrected chi connectivity index (χ4v) is 6.12. The number of aryl methyl sites for hydroxylation is 1. The molecule has 0 radical (unpaired) electrons. The molecule has 2 amide bonds. The highest BCUT2D eigenvalue weighted by molar-refractivity contribution is 7.92. The zero-order chi connectivity index (χ0) is 29.4. The van der Waals surface area contributed by atoms with Crippen LogP contribution in [0.4, 0.5) is 5.69 Å². The maximum absolute atomic E-state index is 14.2. The zero-order valence-corrected chi connectivity index (χ0v) is 24.5. The zero-order valence-electron chi connectivity index (χ0n) is 23.7. The summed E-state index contributed by atoms with van der Waals surface area (Å²) in [6.45, 7) is 6.58. The summed E-state index contributed by atoms with van der Waals surface area (Å²) in [5.74, 6) is 0.133. The average molecular weight is 580 g/mol. The highest BCUT2D eigenvalue weighted by Gasteiger charge is 2.34. The van der Waals surface area contributed by atoms with E-state index in [1.165, 1.54) is 17.0 Å². The van der Waals surface area contributed by atoms with Crippen LogP contribution in [0.25, 0.3) is 0 Å². The third-order valence-corrected chi connectivity index (χ3v) is 8.75. The molecule has 4 rings (SSSR count). The first kappa shape index (κ1) is 29.9. The molecule has 0 aromatic heterocycles. The second-order valence-electron chi connectivity index (χ2n) is 9.82. The van der Waals surface area contributed by atoms with Crippen molar-refractivity contribution < 1.29 is 27.5 Å². The Morgan fingerprint density at radius 3 is 2.29 bits per heavy atom. The van der Waals surface area contributed by atoms with Crippen molar-refractivity contribution in [2.45, 2.75) is 51.1 Å². The van der Waals surface area contributed by atoms with E-state index in [1.807, 2.05) is 45.0 Å². The first-order valence-electron chi connectivity index (χ1n) is 13.8. The number of ether oxygens (including phenoxy) is 2. The summed E-state index contributed by atoms with van der Waals surface area (Å²) in [4.78, 5) is 28.9. The van der Waals surface area contributed by atoms with Gasteiger partial charge in [-0.15, -0.1) is 0 Å². The molecule has 1 N–H and O–H groups in total. The Kier molecular flexibility index (Phi) is 9.88. The fourth-order valence-electron chi connectivity index (χ4n) is 4.69. The lowest BCUT2D eigenvalue weighted by molar-refractivity contribution is -0.140. The molecule has 1 heterocycles. The third kappa shape index (κ3) is 7.00. The van der Waals surface area contributed by atoms with Gasteiger partial charge in [0.1, 0.15) is 25.8 Å². The molecule has 1 aliphatic heterocycles. The van der Waals surface area contributed by atoms with Gasteiger partial charge in [0.2, 0.25) is 11.8 Å². The first-order chi connectivity index (χ1) is 19.8. The van der Waals surface area contributed by atoms with Crippen LogP contribution in [0.2, 0.25) is 0 Å². The minimum Gasteiger partial charge on any atom is -0.486 e. The number of fused-ring (bicyclic) bond motifs is 1. The molecule has 0 aliphatic carbocycles. The number of rotatable bonds is 12. The molecule has 1 atom stereocenters. The number of hydrogen-bond donors (Lipinski definition) is 1. The molecule has 1 aliphatic rings. The molecule has 0 saturated carbocycles. The van der Waals surface area contributed by atoms with Crippen LogP contribution in [0.15, 0.2) is 77.7 Å². The van der Waals surface area contributed by atoms with E-state index in [2.05, 4.69) is 5.32 Å². The van der Waals surface area contributed by atoms with Gasteiger partial charge < -0.3 is 19.7 Å². The van der Waals surface area contributed by atoms with E-state index in [4.69, 9.17) is 9.47 Å². The van der Waals surface area contributed by atoms with E-state index in [1.54, 1.807) is 36.4 Å². The molecule has 0 fully saturated rings. The average Bonchev–Trinajstić information content (AvgIpc) is 2.99. The minimum absolute atomic E-state index is 0.0425. The van der Waals surface area contributed by atoms with Crippen molar-refractivity contribution in [2.24, 2.45) is 0 Å². The summed E-state index contributed by atoms with van der Waals surface area (Å²) in [6.07, 6.45) is 1.11. The van der Waals surface area contributed by atoms with Gasteiger partial charge >= 0.3 is 0 Å². The number of nitrogens with one attached hydrogen (secondary N) is 1. The monoisotopic (exact) mass is 579 g/mol. The number of anilines is 1. The maximum Gasteiger partial charge on any atom is 0.264 e. The molecule has 0 unspecified atom stereocenters. The van der Waals surface area contributed by atoms with E-state index in [0.29, 0.717) is 37.7 Å². The van der Waals surface area contributed by atoms with Crippen LogP contribution >= 0.6 is 0 Å². The molecule has 3 aromatic carbocycles. The second-order valence-corrected chi connectivity index (χ2v) is 11.7. The van der Waals surface area contributed by atoms with Crippen molar-refractivity contribution in [2.75, 3.05) is 30.6 Å². The molecule has 0 bridgehead atoms. The summed E-state index contributed by atoms with van der Waals surface area (Å²) in [7, 11) is -4.17. The second kappa shape index (κ2) is 13.5. The predicted octanol–water partition coefficient (Wildman–Crippen LogP) is 4.30. The van der Waals surface area contributed by atoms with Crippen molar-refractivity contribution in [1.82, 2.24) is 10.2 Å². The van der Waals surface area contributed by atoms with Crippen LogP contribution in [0.3, 0.4) is 0 Å². The Labute approximate surface area is 242 Å². The van der Waals surface area contributed by atoms with Gasteiger partial charge in [-0.25, -0.2) is 8.42 Å². The van der Waals surface area contributed by atoms with Gasteiger partial charge in [-0.05, 0) is 55.2 Å². The van der Waals surface area contributed by atoms with Crippen molar-refractivity contribution in [3.05, 3.63) is 83.9 Å². The molecule has 218 valence electrons. The molecule has 3 aromatic rings. The van der Waals surface area contributed by atoms with Gasteiger partial charge in [0.15, 0.2) is 11.5 Å². The molecule has 0 saturated heterocycles. The van der Waals surface area contributed by atoms with Crippen LogP contribution in [-0.2, 0) is 26.2 Å². The molecule has 41 heavy (non-hydrogen) atoms. The summed E-state index contributed by atoms with van der Waals surface area (Å²) < 4.78 is 40.4. The Morgan fingerprint density at radius 1 is 0.927 bits per heavy atom. The van der Waals surface area contributed by atoms with Crippen LogP contribution in [-0.4, -0.2) is 57.5 Å². The van der Waals surface area contributed by atoms with Crippen molar-refractivity contribution in [1.29, 1.82) is 0 Å². The highest BCUT2D eigenvalue weighted by atomic mass is 32.2. The smallest absolute Gasteiger partial charge is 0.264 e. The predicted molar refractivity (Wildman–Crippen MR) is 158 cm³/mol. The maximum atomic E-state index is 14.2. The molecule has 10 heteroatoms. The van der Waals surface area contributed by atoms with Crippen LogP contribution in [0, 0.1) is 6.92 Å². The first-order valence-corrected chi connectivity index (χ1v) is 15.3. The van der Waals surface area contributed by atoms with E-state index in [0.717, 1.165) is 21.9 Å². The van der Waals surface area contributed by atoms with Gasteiger partial charge in [0.25, 0.3) is 10.0 Å². The Hall–Kier alpha value is -4.05. The molecular formula is C31H37N3O6S. The lowest BCUT2D eigenvalue weighted by Gasteiger charge is -2.33. The molecule has 9 nitrogen and oxygen atoms in total. The number of hydrogen-bond acceptors (Lipinski definition) is 6. The fraction of sp³-hybridized carbons (Fsp3) is 0.355. The summed E-state index contributed by atoms with van der Waals surface area (Å²) >= 11 is 0. The van der Waals surface area contributed by atoms with Gasteiger partial charge in [-0.1, -0.05) is 56.3 Å². The Morgan fingerprint density at radius 2 is 1.61 bits per heavy atom. The number of amides is 2. The third-order valence-electron chi connectivity index (χ3n) is 6.96. The quantitative estimate of drug-likeness (QED) is 0.343. The molecular weight excluding hydrogens is 542 g/mol. The standard InChI is InChI=1S/C31H37N3O6S/c1-4-17-32-31(36)27(5-2)33(21-24-12-10-9-11-23(24)3)30(35)22-34(41(37,38)26-13-7-6-8-14-26)25-15-16-28-29(20-25)40-19-18-39-28/h6-16,20,27H,4-5,17-19,21-22H2,1-3H3,(H,32,36)/t27-/m0/s1. The summed E-state index contributed by atoms with van der Waals surface area (Å²) in [5, 5.41) is 2.90. The van der Waals surface area contributed by atoms with Crippen molar-refractivity contribution in [3.8, 4) is 11.5 Å². The Balaban J connectivity index is 1.75. The van der Waals surface area contributed by atoms with E-state index in [-0.39, 0.29) is 23.0 Å². The van der Waals surface area contributed by atoms with E-state index >= 15 is 0 Å². The Bertz CT molecular complexity index is 1460. The van der Waals surface area contributed by atoms with Gasteiger partial charge in [0.05, 0.1) is 10.6 Å². The number of nitrogens with zero attached hydrogens (tertiary/aromatic N) is 2. The van der Waals surface area contributed by atoms with Crippen LogP contribution < -0.4 is 19.1 Å². The topological polar surface area (TPSA) is 105 Å². The summed E-state index contributed by atoms with van der Waals surface area (Å²) in [6, 6.07) is 19.6. The van der Waals surface area contributed by atoms with Gasteiger partial charge in [-0.3, -0.25) is 13.9 Å². The van der Waals surface area contributed by atoms with Crippen LogP contribution in [0.1, 0.15) is 37.8 Å². The lowest BCUT2D eigenvalue weighted by Crippen LogP contribution is -2.52.